The summed E-state index contributed by atoms with van der Waals surface area (Å²) in [6, 6.07) is 1.97. The van der Waals surface area contributed by atoms with Crippen molar-refractivity contribution >= 4 is 18.0 Å². The van der Waals surface area contributed by atoms with Gasteiger partial charge in [0, 0.05) is 11.8 Å². The molecule has 4 heteroatoms. The number of nitrogens with one attached hydrogen (secondary N) is 1. The number of nitriles is 1. The smallest absolute Gasteiger partial charge is 0.161 e. The Hall–Kier alpha value is -1.47. The molecule has 0 atom stereocenters. The molecule has 0 aliphatic heterocycles. The number of hydrogen-bond acceptors (Lipinski definition) is 3. The van der Waals surface area contributed by atoms with Gasteiger partial charge in [0.1, 0.15) is 10.7 Å². The maximum Gasteiger partial charge on any atom is 0.161 e. The minimum atomic E-state index is -0.0692. The van der Waals surface area contributed by atoms with Crippen LogP contribution in [-0.2, 0) is 0 Å². The van der Waals surface area contributed by atoms with Gasteiger partial charge in [0.05, 0.1) is 5.56 Å². The predicted molar refractivity (Wildman–Crippen MR) is 51.1 cm³/mol. The topological polar surface area (TPSA) is 56.6 Å². The van der Waals surface area contributed by atoms with Crippen molar-refractivity contribution in [3.05, 3.63) is 27.5 Å². The van der Waals surface area contributed by atoms with Crippen LogP contribution in [0.4, 0.5) is 0 Å². The van der Waals surface area contributed by atoms with Gasteiger partial charge in [0.15, 0.2) is 5.78 Å². The van der Waals surface area contributed by atoms with Gasteiger partial charge in [-0.2, -0.15) is 5.26 Å². The number of Topliss-reactive ketones (excluding diaryl/α,β-unsaturated/α-hetero) is 1. The van der Waals surface area contributed by atoms with Gasteiger partial charge >= 0.3 is 0 Å². The van der Waals surface area contributed by atoms with E-state index in [0.29, 0.717) is 21.3 Å². The summed E-state index contributed by atoms with van der Waals surface area (Å²) >= 11 is 4.90. The molecule has 13 heavy (non-hydrogen) atoms. The minimum absolute atomic E-state index is 0.0692. The maximum absolute atomic E-state index is 11.1. The molecule has 0 unspecified atom stereocenters. The first-order chi connectivity index (χ1) is 6.07. The standard InChI is InChI=1S/C9H8N2OS/c1-5-7(3-10)9(13)11-4-8(5)6(2)12/h4H,1-2H3,(H,11,13). The normalized spacial score (nSPS) is 9.31. The molecule has 1 aromatic rings. The Labute approximate surface area is 81.0 Å². The summed E-state index contributed by atoms with van der Waals surface area (Å²) in [4.78, 5) is 13.8. The van der Waals surface area contributed by atoms with E-state index in [1.165, 1.54) is 6.92 Å². The van der Waals surface area contributed by atoms with Crippen LogP contribution in [0.25, 0.3) is 0 Å². The molecule has 1 aromatic heterocycles. The highest BCUT2D eigenvalue weighted by Gasteiger charge is 2.08. The fourth-order valence-corrected chi connectivity index (χ4v) is 1.38. The molecule has 1 heterocycles. The molecule has 0 saturated carbocycles. The van der Waals surface area contributed by atoms with Crippen LogP contribution < -0.4 is 0 Å². The maximum atomic E-state index is 11.1. The summed E-state index contributed by atoms with van der Waals surface area (Å²) in [6.45, 7) is 3.18. The number of H-pyrrole nitrogens is 1. The van der Waals surface area contributed by atoms with Crippen molar-refractivity contribution in [3.63, 3.8) is 0 Å². The van der Waals surface area contributed by atoms with E-state index in [-0.39, 0.29) is 5.78 Å². The average molecular weight is 192 g/mol. The molecule has 1 N–H and O–H groups in total. The summed E-state index contributed by atoms with van der Waals surface area (Å²) in [5.74, 6) is -0.0692. The summed E-state index contributed by atoms with van der Waals surface area (Å²) in [5, 5.41) is 8.76. The van der Waals surface area contributed by atoms with Gasteiger partial charge in [-0.1, -0.05) is 12.2 Å². The number of pyridine rings is 1. The molecule has 0 aliphatic rings. The summed E-state index contributed by atoms with van der Waals surface area (Å²) in [5.41, 5.74) is 1.55. The van der Waals surface area contributed by atoms with Crippen molar-refractivity contribution in [1.29, 1.82) is 5.26 Å². The number of carbonyl (C=O) groups is 1. The molecule has 0 bridgehead atoms. The highest BCUT2D eigenvalue weighted by Crippen LogP contribution is 2.12. The van der Waals surface area contributed by atoms with Gasteiger partial charge in [-0.15, -0.1) is 0 Å². The van der Waals surface area contributed by atoms with E-state index >= 15 is 0 Å². The van der Waals surface area contributed by atoms with E-state index in [0.717, 1.165) is 0 Å². The lowest BCUT2D eigenvalue weighted by Crippen LogP contribution is -2.00. The van der Waals surface area contributed by atoms with Gasteiger partial charge in [-0.25, -0.2) is 0 Å². The third kappa shape index (κ3) is 1.65. The molecule has 0 aliphatic carbocycles. The second-order valence-corrected chi connectivity index (χ2v) is 3.11. The van der Waals surface area contributed by atoms with Crippen molar-refractivity contribution in [2.75, 3.05) is 0 Å². The van der Waals surface area contributed by atoms with Gasteiger partial charge < -0.3 is 4.98 Å². The first-order valence-electron chi connectivity index (χ1n) is 3.71. The molecule has 3 nitrogen and oxygen atoms in total. The molecule has 0 fully saturated rings. The number of aromatic nitrogens is 1. The molecular weight excluding hydrogens is 184 g/mol. The van der Waals surface area contributed by atoms with Gasteiger partial charge in [0.2, 0.25) is 0 Å². The number of ketones is 1. The fraction of sp³-hybridized carbons (Fsp3) is 0.222. The van der Waals surface area contributed by atoms with Crippen molar-refractivity contribution < 1.29 is 4.79 Å². The van der Waals surface area contributed by atoms with Crippen molar-refractivity contribution in [1.82, 2.24) is 4.98 Å². The summed E-state index contributed by atoms with van der Waals surface area (Å²) in [6.07, 6.45) is 1.54. The zero-order valence-electron chi connectivity index (χ0n) is 7.34. The lowest BCUT2D eigenvalue weighted by molar-refractivity contribution is 0.101. The molecule has 0 amide bonds. The molecule has 0 spiro atoms. The van der Waals surface area contributed by atoms with Crippen molar-refractivity contribution in [2.24, 2.45) is 0 Å². The SMILES string of the molecule is CC(=O)c1c[nH]c(=S)c(C#N)c1C. The monoisotopic (exact) mass is 192 g/mol. The predicted octanol–water partition coefficient (Wildman–Crippen LogP) is 2.13. The average Bonchev–Trinajstić information content (AvgIpc) is 2.04. The van der Waals surface area contributed by atoms with Crippen LogP contribution in [0.3, 0.4) is 0 Å². The van der Waals surface area contributed by atoms with Crippen LogP contribution in [0.5, 0.6) is 0 Å². The zero-order chi connectivity index (χ0) is 10.0. The summed E-state index contributed by atoms with van der Waals surface area (Å²) in [7, 11) is 0. The van der Waals surface area contributed by atoms with E-state index in [1.807, 2.05) is 6.07 Å². The van der Waals surface area contributed by atoms with Gasteiger partial charge in [-0.05, 0) is 19.4 Å². The highest BCUT2D eigenvalue weighted by molar-refractivity contribution is 7.71. The quantitative estimate of drug-likeness (QED) is 0.547. The molecule has 66 valence electrons. The van der Waals surface area contributed by atoms with Crippen LogP contribution >= 0.6 is 12.2 Å². The first kappa shape index (κ1) is 9.62. The third-order valence-corrected chi connectivity index (χ3v) is 2.17. The fourth-order valence-electron chi connectivity index (χ4n) is 1.12. The van der Waals surface area contributed by atoms with Crippen LogP contribution in [-0.4, -0.2) is 10.8 Å². The van der Waals surface area contributed by atoms with Crippen LogP contribution in [0.15, 0.2) is 6.20 Å². The van der Waals surface area contributed by atoms with Crippen LogP contribution in [0.1, 0.15) is 28.4 Å². The summed E-state index contributed by atoms with van der Waals surface area (Å²) < 4.78 is 0.380. The zero-order valence-corrected chi connectivity index (χ0v) is 8.16. The Morgan fingerprint density at radius 2 is 2.31 bits per heavy atom. The van der Waals surface area contributed by atoms with Gasteiger partial charge in [-0.3, -0.25) is 4.79 Å². The minimum Gasteiger partial charge on any atom is -0.351 e. The lowest BCUT2D eigenvalue weighted by atomic mass is 10.0. The number of rotatable bonds is 1. The van der Waals surface area contributed by atoms with Crippen molar-refractivity contribution in [2.45, 2.75) is 13.8 Å². The third-order valence-electron chi connectivity index (χ3n) is 1.84. The molecule has 0 saturated heterocycles. The molecule has 1 rings (SSSR count). The molecule has 0 radical (unpaired) electrons. The van der Waals surface area contributed by atoms with E-state index in [2.05, 4.69) is 4.98 Å². The number of aromatic amines is 1. The van der Waals surface area contributed by atoms with E-state index < -0.39 is 0 Å². The lowest BCUT2D eigenvalue weighted by Gasteiger charge is -2.02. The van der Waals surface area contributed by atoms with Crippen LogP contribution in [0.2, 0.25) is 0 Å². The Balaban J connectivity index is 3.57. The number of hydrogen-bond donors (Lipinski definition) is 1. The Morgan fingerprint density at radius 1 is 1.69 bits per heavy atom. The Kier molecular flexibility index (Phi) is 2.59. The van der Waals surface area contributed by atoms with E-state index in [4.69, 9.17) is 17.5 Å². The van der Waals surface area contributed by atoms with Gasteiger partial charge in [0.25, 0.3) is 0 Å². The first-order valence-corrected chi connectivity index (χ1v) is 4.12. The molecular formula is C9H8N2OS. The second kappa shape index (κ2) is 3.50. The Bertz CT molecular complexity index is 454. The van der Waals surface area contributed by atoms with Crippen LogP contribution in [0, 0.1) is 22.9 Å². The van der Waals surface area contributed by atoms with E-state index in [1.54, 1.807) is 13.1 Å². The second-order valence-electron chi connectivity index (χ2n) is 2.70. The Morgan fingerprint density at radius 3 is 2.77 bits per heavy atom. The number of carbonyl (C=O) groups excluding carboxylic acids is 1. The van der Waals surface area contributed by atoms with Crippen molar-refractivity contribution in [3.8, 4) is 6.07 Å². The molecule has 0 aromatic carbocycles. The highest BCUT2D eigenvalue weighted by atomic mass is 32.1. The largest absolute Gasteiger partial charge is 0.351 e. The van der Waals surface area contributed by atoms with E-state index in [9.17, 15) is 4.79 Å². The number of nitrogens with zero attached hydrogens (tertiary/aromatic N) is 1.